The molecule has 0 aliphatic carbocycles. The highest BCUT2D eigenvalue weighted by atomic mass is 16.7. The fourth-order valence-corrected chi connectivity index (χ4v) is 7.76. The van der Waals surface area contributed by atoms with E-state index in [2.05, 4.69) is 23.1 Å². The lowest BCUT2D eigenvalue weighted by molar-refractivity contribution is 0.0192. The molecule has 1 atom stereocenters. The van der Waals surface area contributed by atoms with Crippen molar-refractivity contribution < 1.29 is 28.9 Å². The maximum absolute atomic E-state index is 15.1. The van der Waals surface area contributed by atoms with Crippen LogP contribution in [0.5, 0.6) is 17.2 Å². The van der Waals surface area contributed by atoms with Gasteiger partial charge in [-0.05, 0) is 66.1 Å². The quantitative estimate of drug-likeness (QED) is 0.192. The van der Waals surface area contributed by atoms with Gasteiger partial charge in [0.05, 0.1) is 35.5 Å². The number of ether oxygens (including phenoxy) is 3. The number of phenols is 1. The number of carbonyl (C=O) groups is 2. The van der Waals surface area contributed by atoms with E-state index < -0.39 is 0 Å². The number of nitrogens with zero attached hydrogens (tertiary/aromatic N) is 4. The molecule has 0 unspecified atom stereocenters. The van der Waals surface area contributed by atoms with Crippen molar-refractivity contribution in [2.45, 2.75) is 19.0 Å². The Morgan fingerprint density at radius 3 is 2.23 bits per heavy atom. The van der Waals surface area contributed by atoms with E-state index in [1.54, 1.807) is 35.2 Å². The lowest BCUT2D eigenvalue weighted by Crippen LogP contribution is -2.52. The summed E-state index contributed by atoms with van der Waals surface area (Å²) in [5.74, 6) is 0.770. The number of carbonyl (C=O) groups excluding carboxylic acids is 2. The predicted octanol–water partition coefficient (Wildman–Crippen LogP) is 6.94. The van der Waals surface area contributed by atoms with Gasteiger partial charge in [0.15, 0.2) is 11.5 Å². The van der Waals surface area contributed by atoms with Crippen LogP contribution < -0.4 is 14.4 Å². The summed E-state index contributed by atoms with van der Waals surface area (Å²) in [6, 6.07) is 35.6. The molecule has 266 valence electrons. The Bertz CT molecular complexity index is 2320. The maximum Gasteiger partial charge on any atom is 0.265 e. The molecule has 1 N–H and O–H groups in total. The Hall–Kier alpha value is -6.10. The Morgan fingerprint density at radius 1 is 0.755 bits per heavy atom. The molecule has 4 heterocycles. The second-order valence-electron chi connectivity index (χ2n) is 13.6. The monoisotopic (exact) mass is 706 g/mol. The minimum atomic E-state index is -0.260. The van der Waals surface area contributed by atoms with Gasteiger partial charge < -0.3 is 28.8 Å². The van der Waals surface area contributed by atoms with E-state index in [9.17, 15) is 9.90 Å². The fraction of sp³-hybridized carbons (Fsp3) is 0.209. The van der Waals surface area contributed by atoms with Crippen LogP contribution in [0, 0.1) is 0 Å². The number of aromatic hydroxyl groups is 1. The standard InChI is InChI=1S/C43H38N4O6/c48-34-16-14-32(15-17-34)47(31-10-2-1-3-11-31)43(50)37-27-46(38-13-7-6-12-35(37)38)39-24-41-40(52-28-53-41)23-36(39)42(49)45-25-30-9-5-4-8-29(30)22-33(45)26-44-18-20-51-21-19-44/h1-17,23-24,27,33,48H,18-22,25-26,28H2/t33-/m0/s1. The summed E-state index contributed by atoms with van der Waals surface area (Å²) < 4.78 is 19.3. The van der Waals surface area contributed by atoms with Gasteiger partial charge in [-0.3, -0.25) is 19.4 Å². The third-order valence-electron chi connectivity index (χ3n) is 10.4. The number of morpholine rings is 1. The van der Waals surface area contributed by atoms with E-state index in [1.165, 1.54) is 5.56 Å². The number of benzene rings is 5. The summed E-state index contributed by atoms with van der Waals surface area (Å²) in [6.45, 7) is 4.28. The third kappa shape index (κ3) is 6.15. The summed E-state index contributed by atoms with van der Waals surface area (Å²) in [4.78, 5) is 35.9. The molecule has 6 aromatic rings. The van der Waals surface area contributed by atoms with Gasteiger partial charge in [0.1, 0.15) is 5.75 Å². The van der Waals surface area contributed by atoms with Gasteiger partial charge in [-0.2, -0.15) is 0 Å². The molecule has 5 aromatic carbocycles. The Balaban J connectivity index is 1.16. The van der Waals surface area contributed by atoms with Crippen molar-refractivity contribution in [2.24, 2.45) is 0 Å². The topological polar surface area (TPSA) is 96.7 Å². The number of hydrogen-bond acceptors (Lipinski definition) is 7. The third-order valence-corrected chi connectivity index (χ3v) is 10.4. The Morgan fingerprint density at radius 2 is 1.43 bits per heavy atom. The molecule has 1 fully saturated rings. The molecule has 1 aromatic heterocycles. The van der Waals surface area contributed by atoms with Crippen LogP contribution in [0.3, 0.4) is 0 Å². The lowest BCUT2D eigenvalue weighted by atomic mass is 9.92. The number of aromatic nitrogens is 1. The first-order chi connectivity index (χ1) is 26.0. The number of para-hydroxylation sites is 2. The summed E-state index contributed by atoms with van der Waals surface area (Å²) in [5.41, 5.74) is 5.94. The van der Waals surface area contributed by atoms with Crippen molar-refractivity contribution in [1.82, 2.24) is 14.4 Å². The molecule has 0 radical (unpaired) electrons. The molecule has 3 aliphatic heterocycles. The van der Waals surface area contributed by atoms with E-state index in [0.29, 0.717) is 59.4 Å². The largest absolute Gasteiger partial charge is 0.508 e. The maximum atomic E-state index is 15.1. The molecular weight excluding hydrogens is 668 g/mol. The molecule has 53 heavy (non-hydrogen) atoms. The van der Waals surface area contributed by atoms with E-state index >= 15 is 4.79 Å². The lowest BCUT2D eigenvalue weighted by Gasteiger charge is -2.40. The van der Waals surface area contributed by atoms with Crippen LogP contribution in [0.25, 0.3) is 16.6 Å². The summed E-state index contributed by atoms with van der Waals surface area (Å²) >= 11 is 0. The highest BCUT2D eigenvalue weighted by Gasteiger charge is 2.35. The molecule has 9 rings (SSSR count). The first kappa shape index (κ1) is 32.8. The molecule has 3 aliphatic rings. The van der Waals surface area contributed by atoms with E-state index in [1.807, 2.05) is 82.4 Å². The van der Waals surface area contributed by atoms with Crippen LogP contribution in [0.15, 0.2) is 121 Å². The molecule has 0 spiro atoms. The highest BCUT2D eigenvalue weighted by molar-refractivity contribution is 6.17. The van der Waals surface area contributed by atoms with Gasteiger partial charge >= 0.3 is 0 Å². The first-order valence-corrected chi connectivity index (χ1v) is 17.9. The van der Waals surface area contributed by atoms with Crippen LogP contribution in [0.4, 0.5) is 11.4 Å². The van der Waals surface area contributed by atoms with Crippen LogP contribution in [-0.2, 0) is 17.7 Å². The predicted molar refractivity (Wildman–Crippen MR) is 201 cm³/mol. The molecule has 0 saturated carbocycles. The van der Waals surface area contributed by atoms with Crippen LogP contribution in [-0.4, -0.2) is 77.0 Å². The summed E-state index contributed by atoms with van der Waals surface area (Å²) in [7, 11) is 0. The second-order valence-corrected chi connectivity index (χ2v) is 13.6. The first-order valence-electron chi connectivity index (χ1n) is 17.9. The molecule has 1 saturated heterocycles. The van der Waals surface area contributed by atoms with Crippen LogP contribution >= 0.6 is 0 Å². The van der Waals surface area contributed by atoms with Crippen molar-refractivity contribution in [3.8, 4) is 22.9 Å². The zero-order valence-electron chi connectivity index (χ0n) is 29.1. The van der Waals surface area contributed by atoms with Gasteiger partial charge in [-0.15, -0.1) is 0 Å². The molecule has 2 amide bonds. The minimum Gasteiger partial charge on any atom is -0.508 e. The van der Waals surface area contributed by atoms with Gasteiger partial charge in [-0.1, -0.05) is 60.7 Å². The van der Waals surface area contributed by atoms with Crippen molar-refractivity contribution in [3.63, 3.8) is 0 Å². The SMILES string of the molecule is O=C(c1cn(-c2cc3c(cc2C(=O)N2Cc4ccccc4C[C@H]2CN2CCOCC2)OCO3)c2ccccc12)N(c1ccccc1)c1ccc(O)cc1. The van der Waals surface area contributed by atoms with E-state index in [-0.39, 0.29) is 30.4 Å². The highest BCUT2D eigenvalue weighted by Crippen LogP contribution is 2.40. The van der Waals surface area contributed by atoms with Gasteiger partial charge in [0.2, 0.25) is 6.79 Å². The summed E-state index contributed by atoms with van der Waals surface area (Å²) in [5, 5.41) is 10.8. The normalized spacial score (nSPS) is 16.8. The van der Waals surface area contributed by atoms with Gasteiger partial charge in [0.25, 0.3) is 11.8 Å². The average molecular weight is 707 g/mol. The average Bonchev–Trinajstić information content (AvgIpc) is 3.83. The molecular formula is C43H38N4O6. The number of hydrogen-bond donors (Lipinski definition) is 1. The number of amides is 2. The van der Waals surface area contributed by atoms with E-state index in [0.717, 1.165) is 42.5 Å². The van der Waals surface area contributed by atoms with Gasteiger partial charge in [0, 0.05) is 61.2 Å². The zero-order chi connectivity index (χ0) is 35.9. The molecule has 10 nitrogen and oxygen atoms in total. The smallest absolute Gasteiger partial charge is 0.265 e. The summed E-state index contributed by atoms with van der Waals surface area (Å²) in [6.07, 6.45) is 2.56. The number of anilines is 2. The Labute approximate surface area is 306 Å². The van der Waals surface area contributed by atoms with Crippen molar-refractivity contribution >= 4 is 34.1 Å². The molecule has 0 bridgehead atoms. The van der Waals surface area contributed by atoms with Crippen LogP contribution in [0.1, 0.15) is 31.8 Å². The van der Waals surface area contributed by atoms with Crippen molar-refractivity contribution in [2.75, 3.05) is 44.5 Å². The van der Waals surface area contributed by atoms with Crippen molar-refractivity contribution in [3.05, 3.63) is 144 Å². The molecule has 10 heteroatoms. The van der Waals surface area contributed by atoms with E-state index in [4.69, 9.17) is 14.2 Å². The number of rotatable bonds is 7. The Kier molecular flexibility index (Phi) is 8.53. The number of fused-ring (bicyclic) bond motifs is 3. The zero-order valence-corrected chi connectivity index (χ0v) is 29.1. The van der Waals surface area contributed by atoms with Crippen molar-refractivity contribution in [1.29, 1.82) is 0 Å². The second kappa shape index (κ2) is 13.8. The number of phenolic OH excluding ortho intramolecular Hbond substituents is 1. The van der Waals surface area contributed by atoms with Gasteiger partial charge in [-0.25, -0.2) is 0 Å². The fourth-order valence-electron chi connectivity index (χ4n) is 7.76. The minimum absolute atomic E-state index is 0.0536. The van der Waals surface area contributed by atoms with Crippen LogP contribution in [0.2, 0.25) is 0 Å².